The number of carbonyl (C=O) groups is 2. The van der Waals surface area contributed by atoms with E-state index in [4.69, 9.17) is 4.74 Å². The number of nitro benzene ring substituents is 1. The second-order valence-electron chi connectivity index (χ2n) is 5.16. The van der Waals surface area contributed by atoms with Crippen molar-refractivity contribution in [2.45, 2.75) is 20.0 Å². The summed E-state index contributed by atoms with van der Waals surface area (Å²) in [6, 6.07) is 12.8. The van der Waals surface area contributed by atoms with Gasteiger partial charge in [0.05, 0.1) is 10.5 Å². The van der Waals surface area contributed by atoms with Crippen LogP contribution in [-0.2, 0) is 9.53 Å². The van der Waals surface area contributed by atoms with Gasteiger partial charge in [0.25, 0.3) is 11.6 Å². The highest BCUT2D eigenvalue weighted by molar-refractivity contribution is 5.97. The molecule has 0 unspecified atom stereocenters. The number of hydrogen-bond donors (Lipinski definition) is 1. The summed E-state index contributed by atoms with van der Waals surface area (Å²) >= 11 is 0. The second kappa shape index (κ2) is 7.36. The van der Waals surface area contributed by atoms with Crippen LogP contribution in [0.4, 0.5) is 11.4 Å². The van der Waals surface area contributed by atoms with Crippen molar-refractivity contribution in [2.75, 3.05) is 5.32 Å². The van der Waals surface area contributed by atoms with Crippen LogP contribution >= 0.6 is 0 Å². The zero-order valence-electron chi connectivity index (χ0n) is 13.2. The van der Waals surface area contributed by atoms with Crippen LogP contribution < -0.4 is 5.32 Å². The summed E-state index contributed by atoms with van der Waals surface area (Å²) in [5.74, 6) is -1.29. The molecule has 0 heterocycles. The maximum Gasteiger partial charge on any atom is 0.339 e. The van der Waals surface area contributed by atoms with Gasteiger partial charge in [0, 0.05) is 17.3 Å². The Kier molecular flexibility index (Phi) is 5.26. The van der Waals surface area contributed by atoms with Crippen molar-refractivity contribution < 1.29 is 19.2 Å². The molecule has 24 heavy (non-hydrogen) atoms. The molecule has 1 N–H and O–H groups in total. The van der Waals surface area contributed by atoms with Gasteiger partial charge in [-0.3, -0.25) is 14.9 Å². The molecule has 7 heteroatoms. The first-order valence-electron chi connectivity index (χ1n) is 7.20. The average molecular weight is 328 g/mol. The lowest BCUT2D eigenvalue weighted by molar-refractivity contribution is -0.385. The molecule has 7 nitrogen and oxygen atoms in total. The average Bonchev–Trinajstić information content (AvgIpc) is 2.55. The summed E-state index contributed by atoms with van der Waals surface area (Å²) in [5.41, 5.74) is 0.861. The number of anilines is 1. The number of para-hydroxylation sites is 1. The first-order chi connectivity index (χ1) is 11.4. The zero-order chi connectivity index (χ0) is 17.7. The van der Waals surface area contributed by atoms with Gasteiger partial charge in [-0.05, 0) is 32.0 Å². The van der Waals surface area contributed by atoms with Crippen LogP contribution in [0.25, 0.3) is 0 Å². The van der Waals surface area contributed by atoms with Crippen LogP contribution in [0.5, 0.6) is 0 Å². The molecule has 0 aliphatic heterocycles. The number of nitrogens with zero attached hydrogens (tertiary/aromatic N) is 1. The molecule has 2 aromatic rings. The summed E-state index contributed by atoms with van der Waals surface area (Å²) in [7, 11) is 0. The number of carbonyl (C=O) groups excluding carboxylic acids is 2. The molecule has 0 aliphatic rings. The highest BCUT2D eigenvalue weighted by Crippen LogP contribution is 2.20. The molecule has 0 spiro atoms. The SMILES string of the molecule is Cc1ccc(C(=O)O[C@@H](C)C(=O)Nc2ccccc2)cc1[N+](=O)[O-]. The first kappa shape index (κ1) is 17.1. The fourth-order valence-corrected chi connectivity index (χ4v) is 1.98. The van der Waals surface area contributed by atoms with Crippen LogP contribution in [0.2, 0.25) is 0 Å². The monoisotopic (exact) mass is 328 g/mol. The third kappa shape index (κ3) is 4.16. The van der Waals surface area contributed by atoms with Gasteiger partial charge in [-0.15, -0.1) is 0 Å². The Labute approximate surface area is 138 Å². The minimum Gasteiger partial charge on any atom is -0.449 e. The van der Waals surface area contributed by atoms with Crippen LogP contribution in [0.3, 0.4) is 0 Å². The molecular formula is C17H16N2O5. The van der Waals surface area contributed by atoms with Gasteiger partial charge in [0.1, 0.15) is 0 Å². The van der Waals surface area contributed by atoms with Crippen molar-refractivity contribution in [3.63, 3.8) is 0 Å². The number of esters is 1. The molecule has 0 saturated carbocycles. The summed E-state index contributed by atoms with van der Waals surface area (Å²) in [6.07, 6.45) is -1.04. The normalized spacial score (nSPS) is 11.4. The molecule has 2 rings (SSSR count). The maximum atomic E-state index is 12.1. The molecule has 0 radical (unpaired) electrons. The molecule has 0 bridgehead atoms. The number of nitro groups is 1. The topological polar surface area (TPSA) is 98.5 Å². The van der Waals surface area contributed by atoms with E-state index in [1.54, 1.807) is 31.2 Å². The number of ether oxygens (including phenoxy) is 1. The quantitative estimate of drug-likeness (QED) is 0.516. The zero-order valence-corrected chi connectivity index (χ0v) is 13.2. The predicted octanol–water partition coefficient (Wildman–Crippen LogP) is 3.09. The minimum atomic E-state index is -1.04. The fraction of sp³-hybridized carbons (Fsp3) is 0.176. The van der Waals surface area contributed by atoms with E-state index in [1.807, 2.05) is 6.07 Å². The Bertz CT molecular complexity index is 774. The van der Waals surface area contributed by atoms with Crippen LogP contribution in [-0.4, -0.2) is 22.9 Å². The summed E-state index contributed by atoms with van der Waals surface area (Å²) in [6.45, 7) is 3.00. The van der Waals surface area contributed by atoms with Gasteiger partial charge in [-0.25, -0.2) is 4.79 Å². The van der Waals surface area contributed by atoms with E-state index >= 15 is 0 Å². The molecule has 2 aromatic carbocycles. The second-order valence-corrected chi connectivity index (χ2v) is 5.16. The van der Waals surface area contributed by atoms with Crippen LogP contribution in [0, 0.1) is 17.0 Å². The lowest BCUT2D eigenvalue weighted by Gasteiger charge is -2.13. The standard InChI is InChI=1S/C17H16N2O5/c1-11-8-9-13(10-15(11)19(22)23)17(21)24-12(2)16(20)18-14-6-4-3-5-7-14/h3-10,12H,1-2H3,(H,18,20)/t12-/m0/s1. The Morgan fingerprint density at radius 2 is 1.83 bits per heavy atom. The lowest BCUT2D eigenvalue weighted by Crippen LogP contribution is -2.30. The van der Waals surface area contributed by atoms with Crippen LogP contribution in [0.1, 0.15) is 22.8 Å². The third-order valence-corrected chi connectivity index (χ3v) is 3.34. The summed E-state index contributed by atoms with van der Waals surface area (Å²) in [4.78, 5) is 34.4. The Hall–Kier alpha value is -3.22. The first-order valence-corrected chi connectivity index (χ1v) is 7.20. The summed E-state index contributed by atoms with van der Waals surface area (Å²) < 4.78 is 5.07. The van der Waals surface area contributed by atoms with Gasteiger partial charge in [-0.2, -0.15) is 0 Å². The van der Waals surface area contributed by atoms with Gasteiger partial charge in [0.15, 0.2) is 6.10 Å². The van der Waals surface area contributed by atoms with E-state index in [-0.39, 0.29) is 11.3 Å². The Morgan fingerprint density at radius 3 is 2.46 bits per heavy atom. The van der Waals surface area contributed by atoms with Crippen molar-refractivity contribution in [1.82, 2.24) is 0 Å². The number of rotatable bonds is 5. The van der Waals surface area contributed by atoms with E-state index in [2.05, 4.69) is 5.32 Å². The van der Waals surface area contributed by atoms with E-state index in [9.17, 15) is 19.7 Å². The van der Waals surface area contributed by atoms with Crippen molar-refractivity contribution >= 4 is 23.3 Å². The van der Waals surface area contributed by atoms with Crippen molar-refractivity contribution in [3.05, 3.63) is 69.8 Å². The highest BCUT2D eigenvalue weighted by atomic mass is 16.6. The van der Waals surface area contributed by atoms with Crippen molar-refractivity contribution in [1.29, 1.82) is 0 Å². The minimum absolute atomic E-state index is 0.0201. The fourth-order valence-electron chi connectivity index (χ4n) is 1.98. The Balaban J connectivity index is 2.04. The number of benzene rings is 2. The maximum absolute atomic E-state index is 12.1. The van der Waals surface area contributed by atoms with Gasteiger partial charge < -0.3 is 10.1 Å². The number of aryl methyl sites for hydroxylation is 1. The van der Waals surface area contributed by atoms with E-state index in [1.165, 1.54) is 19.1 Å². The third-order valence-electron chi connectivity index (χ3n) is 3.34. The van der Waals surface area contributed by atoms with Crippen molar-refractivity contribution in [2.24, 2.45) is 0 Å². The van der Waals surface area contributed by atoms with Gasteiger partial charge in [0.2, 0.25) is 0 Å². The molecular weight excluding hydrogens is 312 g/mol. The number of nitrogens with one attached hydrogen (secondary N) is 1. The van der Waals surface area contributed by atoms with Gasteiger partial charge in [-0.1, -0.05) is 24.3 Å². The molecule has 0 aromatic heterocycles. The highest BCUT2D eigenvalue weighted by Gasteiger charge is 2.21. The van der Waals surface area contributed by atoms with Gasteiger partial charge >= 0.3 is 5.97 Å². The molecule has 0 aliphatic carbocycles. The number of amides is 1. The molecule has 0 fully saturated rings. The lowest BCUT2D eigenvalue weighted by atomic mass is 10.1. The Morgan fingerprint density at radius 1 is 1.17 bits per heavy atom. The largest absolute Gasteiger partial charge is 0.449 e. The molecule has 1 amide bonds. The molecule has 0 saturated heterocycles. The summed E-state index contributed by atoms with van der Waals surface area (Å²) in [5, 5.41) is 13.5. The number of hydrogen-bond acceptors (Lipinski definition) is 5. The van der Waals surface area contributed by atoms with E-state index in [0.29, 0.717) is 11.3 Å². The predicted molar refractivity (Wildman–Crippen MR) is 87.8 cm³/mol. The molecule has 124 valence electrons. The van der Waals surface area contributed by atoms with E-state index in [0.717, 1.165) is 6.07 Å². The molecule has 1 atom stereocenters. The van der Waals surface area contributed by atoms with Crippen molar-refractivity contribution in [3.8, 4) is 0 Å². The van der Waals surface area contributed by atoms with E-state index < -0.39 is 22.9 Å². The van der Waals surface area contributed by atoms with Crippen LogP contribution in [0.15, 0.2) is 48.5 Å². The smallest absolute Gasteiger partial charge is 0.339 e.